The van der Waals surface area contributed by atoms with Gasteiger partial charge in [0.25, 0.3) is 5.91 Å². The van der Waals surface area contributed by atoms with Crippen molar-refractivity contribution in [3.63, 3.8) is 0 Å². The Balaban J connectivity index is 1.52. The van der Waals surface area contributed by atoms with Crippen LogP contribution >= 0.6 is 0 Å². The van der Waals surface area contributed by atoms with Crippen molar-refractivity contribution in [2.24, 2.45) is 0 Å². The second kappa shape index (κ2) is 12.0. The number of oxazole rings is 1. The first-order valence-electron chi connectivity index (χ1n) is 11.9. The molecule has 10 nitrogen and oxygen atoms in total. The van der Waals surface area contributed by atoms with Crippen molar-refractivity contribution < 1.29 is 22.4 Å². The number of aryl methyl sites for hydroxylation is 2. The van der Waals surface area contributed by atoms with E-state index in [-0.39, 0.29) is 28.9 Å². The number of carbonyl (C=O) groups is 1. The van der Waals surface area contributed by atoms with Crippen LogP contribution in [-0.4, -0.2) is 94.5 Å². The average Bonchev–Trinajstić information content (AvgIpc) is 3.29. The molecule has 0 aliphatic carbocycles. The molecule has 194 valence electrons. The van der Waals surface area contributed by atoms with Crippen molar-refractivity contribution in [1.82, 2.24) is 24.4 Å². The van der Waals surface area contributed by atoms with Gasteiger partial charge in [-0.1, -0.05) is 0 Å². The van der Waals surface area contributed by atoms with Gasteiger partial charge in [0, 0.05) is 26.2 Å². The van der Waals surface area contributed by atoms with E-state index in [9.17, 15) is 13.2 Å². The van der Waals surface area contributed by atoms with E-state index >= 15 is 0 Å². The van der Waals surface area contributed by atoms with E-state index in [0.717, 1.165) is 39.0 Å². The molecule has 1 N–H and O–H groups in total. The van der Waals surface area contributed by atoms with Crippen LogP contribution in [0.2, 0.25) is 0 Å². The third kappa shape index (κ3) is 7.26. The van der Waals surface area contributed by atoms with Crippen LogP contribution < -0.4 is 9.46 Å². The van der Waals surface area contributed by atoms with Crippen molar-refractivity contribution in [3.8, 4) is 5.75 Å². The number of aromatic nitrogens is 1. The molecule has 1 fully saturated rings. The molecule has 1 aliphatic heterocycles. The number of hydrogen-bond acceptors (Lipinski definition) is 8. The molecule has 1 amide bonds. The van der Waals surface area contributed by atoms with Gasteiger partial charge >= 0.3 is 0 Å². The molecule has 3 rings (SSSR count). The van der Waals surface area contributed by atoms with Crippen LogP contribution in [0, 0.1) is 13.8 Å². The highest BCUT2D eigenvalue weighted by atomic mass is 32.2. The Kier molecular flexibility index (Phi) is 9.28. The summed E-state index contributed by atoms with van der Waals surface area (Å²) < 4.78 is 38.9. The molecule has 0 spiro atoms. The van der Waals surface area contributed by atoms with E-state index in [2.05, 4.69) is 33.6 Å². The zero-order valence-corrected chi connectivity index (χ0v) is 22.2. The Hall–Kier alpha value is -2.47. The second-order valence-electron chi connectivity index (χ2n) is 9.19. The summed E-state index contributed by atoms with van der Waals surface area (Å²) in [4.78, 5) is 23.6. The van der Waals surface area contributed by atoms with Gasteiger partial charge in [0.15, 0.2) is 5.69 Å². The maximum absolute atomic E-state index is 12.9. The molecular weight excluding hydrogens is 470 g/mol. The standard InChI is InChI=1S/C24H37N5O5S/c1-18-14-20(33-5)15-19(2)23(18)35(31,32)25-16-22-26-21(17-34-22)24(30)29-12-10-28(11-13-29)9-7-6-8-27(3)4/h14-15,17,25H,6-13,16H2,1-5H3. The van der Waals surface area contributed by atoms with Crippen molar-refractivity contribution >= 4 is 15.9 Å². The fraction of sp³-hybridized carbons (Fsp3) is 0.583. The monoisotopic (exact) mass is 507 g/mol. The zero-order valence-electron chi connectivity index (χ0n) is 21.3. The Labute approximate surface area is 208 Å². The number of nitrogens with one attached hydrogen (secondary N) is 1. The number of amides is 1. The lowest BCUT2D eigenvalue weighted by Crippen LogP contribution is -2.49. The van der Waals surface area contributed by atoms with Gasteiger partial charge < -0.3 is 19.0 Å². The molecular formula is C24H37N5O5S. The van der Waals surface area contributed by atoms with E-state index in [1.165, 1.54) is 13.4 Å². The third-order valence-corrected chi connectivity index (χ3v) is 7.82. The highest BCUT2D eigenvalue weighted by Crippen LogP contribution is 2.25. The highest BCUT2D eigenvalue weighted by molar-refractivity contribution is 7.89. The molecule has 2 aromatic rings. The molecule has 0 atom stereocenters. The van der Waals surface area contributed by atoms with Gasteiger partial charge in [-0.2, -0.15) is 0 Å². The molecule has 0 radical (unpaired) electrons. The molecule has 35 heavy (non-hydrogen) atoms. The minimum Gasteiger partial charge on any atom is -0.497 e. The summed E-state index contributed by atoms with van der Waals surface area (Å²) >= 11 is 0. The molecule has 0 bridgehead atoms. The number of rotatable bonds is 11. The number of hydrogen-bond donors (Lipinski definition) is 1. The van der Waals surface area contributed by atoms with Crippen molar-refractivity contribution in [2.45, 2.75) is 38.1 Å². The van der Waals surface area contributed by atoms with Gasteiger partial charge in [0.1, 0.15) is 12.0 Å². The second-order valence-corrected chi connectivity index (χ2v) is 10.9. The van der Waals surface area contributed by atoms with Crippen LogP contribution in [0.3, 0.4) is 0 Å². The topological polar surface area (TPSA) is 108 Å². The molecule has 1 aliphatic rings. The first kappa shape index (κ1) is 27.1. The molecule has 0 unspecified atom stereocenters. The maximum Gasteiger partial charge on any atom is 0.275 e. The Bertz CT molecular complexity index is 1080. The van der Waals surface area contributed by atoms with Crippen LogP contribution in [0.25, 0.3) is 0 Å². The van der Waals surface area contributed by atoms with Gasteiger partial charge in [-0.15, -0.1) is 0 Å². The van der Waals surface area contributed by atoms with E-state index in [1.54, 1.807) is 30.9 Å². The van der Waals surface area contributed by atoms with Crippen molar-refractivity contribution in [3.05, 3.63) is 41.1 Å². The van der Waals surface area contributed by atoms with E-state index in [4.69, 9.17) is 9.15 Å². The van der Waals surface area contributed by atoms with Crippen LogP contribution in [-0.2, 0) is 16.6 Å². The van der Waals surface area contributed by atoms with Gasteiger partial charge in [-0.05, 0) is 77.1 Å². The van der Waals surface area contributed by atoms with Crippen LogP contribution in [0.1, 0.15) is 40.3 Å². The van der Waals surface area contributed by atoms with Crippen LogP contribution in [0.15, 0.2) is 27.7 Å². The minimum absolute atomic E-state index is 0.139. The lowest BCUT2D eigenvalue weighted by atomic mass is 10.1. The van der Waals surface area contributed by atoms with E-state index in [0.29, 0.717) is 30.0 Å². The largest absolute Gasteiger partial charge is 0.497 e. The van der Waals surface area contributed by atoms with E-state index < -0.39 is 10.0 Å². The fourth-order valence-electron chi connectivity index (χ4n) is 4.27. The summed E-state index contributed by atoms with van der Waals surface area (Å²) in [6.07, 6.45) is 3.60. The predicted molar refractivity (Wildman–Crippen MR) is 133 cm³/mol. The number of sulfonamides is 1. The quantitative estimate of drug-likeness (QED) is 0.460. The van der Waals surface area contributed by atoms with Crippen molar-refractivity contribution in [1.29, 1.82) is 0 Å². The molecule has 2 heterocycles. The minimum atomic E-state index is -3.81. The third-order valence-electron chi connectivity index (χ3n) is 6.11. The normalized spacial score (nSPS) is 15.1. The summed E-state index contributed by atoms with van der Waals surface area (Å²) in [5.74, 6) is 0.539. The molecule has 0 saturated carbocycles. The van der Waals surface area contributed by atoms with Crippen LogP contribution in [0.5, 0.6) is 5.75 Å². The molecule has 11 heteroatoms. The predicted octanol–water partition coefficient (Wildman–Crippen LogP) is 1.88. The lowest BCUT2D eigenvalue weighted by molar-refractivity contribution is 0.0629. The maximum atomic E-state index is 12.9. The summed E-state index contributed by atoms with van der Waals surface area (Å²) in [6.45, 7) is 8.35. The summed E-state index contributed by atoms with van der Waals surface area (Å²) in [7, 11) is 1.89. The summed E-state index contributed by atoms with van der Waals surface area (Å²) in [6, 6.07) is 3.35. The van der Waals surface area contributed by atoms with E-state index in [1.807, 2.05) is 0 Å². The van der Waals surface area contributed by atoms with Gasteiger partial charge in [0.2, 0.25) is 15.9 Å². The Morgan fingerprint density at radius 3 is 2.40 bits per heavy atom. The summed E-state index contributed by atoms with van der Waals surface area (Å²) in [5.41, 5.74) is 1.35. The molecule has 1 aromatic carbocycles. The number of ether oxygens (including phenoxy) is 1. The average molecular weight is 508 g/mol. The smallest absolute Gasteiger partial charge is 0.275 e. The highest BCUT2D eigenvalue weighted by Gasteiger charge is 2.25. The Morgan fingerprint density at radius 1 is 1.14 bits per heavy atom. The number of unbranched alkanes of at least 4 members (excludes halogenated alkanes) is 1. The van der Waals surface area contributed by atoms with Crippen molar-refractivity contribution in [2.75, 3.05) is 60.5 Å². The SMILES string of the molecule is COc1cc(C)c(S(=O)(=O)NCc2nc(C(=O)N3CCN(CCCCN(C)C)CC3)co2)c(C)c1. The Morgan fingerprint density at radius 2 is 1.80 bits per heavy atom. The number of methoxy groups -OCH3 is 1. The number of piperazine rings is 1. The molecule has 1 aromatic heterocycles. The number of nitrogens with zero attached hydrogens (tertiary/aromatic N) is 4. The number of carbonyl (C=O) groups excluding carboxylic acids is 1. The zero-order chi connectivity index (χ0) is 25.6. The number of benzene rings is 1. The van der Waals surface area contributed by atoms with Gasteiger partial charge in [0.05, 0.1) is 18.6 Å². The van der Waals surface area contributed by atoms with Gasteiger partial charge in [-0.25, -0.2) is 18.1 Å². The van der Waals surface area contributed by atoms with Crippen LogP contribution in [0.4, 0.5) is 0 Å². The lowest BCUT2D eigenvalue weighted by Gasteiger charge is -2.34. The summed E-state index contributed by atoms with van der Waals surface area (Å²) in [5, 5.41) is 0. The molecule has 1 saturated heterocycles. The first-order valence-corrected chi connectivity index (χ1v) is 13.3. The fourth-order valence-corrected chi connectivity index (χ4v) is 5.69. The first-order chi connectivity index (χ1) is 16.6. The van der Waals surface area contributed by atoms with Gasteiger partial charge in [-0.3, -0.25) is 9.69 Å².